The van der Waals surface area contributed by atoms with E-state index in [1.807, 2.05) is 37.3 Å². The van der Waals surface area contributed by atoms with Crippen LogP contribution >= 0.6 is 0 Å². The number of carbonyl (C=O) groups is 1. The van der Waals surface area contributed by atoms with Crippen molar-refractivity contribution in [2.24, 2.45) is 5.92 Å². The monoisotopic (exact) mass is 357 g/mol. The highest BCUT2D eigenvalue weighted by Crippen LogP contribution is 2.36. The van der Waals surface area contributed by atoms with Gasteiger partial charge in [-0.15, -0.1) is 0 Å². The van der Waals surface area contributed by atoms with Gasteiger partial charge in [-0.3, -0.25) is 9.69 Å². The summed E-state index contributed by atoms with van der Waals surface area (Å²) in [6, 6.07) is 9.96. The molecule has 0 aliphatic heterocycles. The van der Waals surface area contributed by atoms with Crippen molar-refractivity contribution in [1.82, 2.24) is 10.1 Å². The Kier molecular flexibility index (Phi) is 6.98. The Morgan fingerprint density at radius 2 is 1.73 bits per heavy atom. The van der Waals surface area contributed by atoms with Crippen LogP contribution < -0.4 is 4.90 Å². The molecule has 0 radical (unpaired) electrons. The van der Waals surface area contributed by atoms with Gasteiger partial charge in [-0.1, -0.05) is 70.1 Å². The van der Waals surface area contributed by atoms with Crippen molar-refractivity contribution in [3.05, 3.63) is 35.9 Å². The summed E-state index contributed by atoms with van der Waals surface area (Å²) in [5.41, 5.74) is 2.79. The highest BCUT2D eigenvalue weighted by Gasteiger charge is 2.28. The second-order valence-electron chi connectivity index (χ2n) is 7.05. The van der Waals surface area contributed by atoms with Gasteiger partial charge in [0.1, 0.15) is 5.69 Å². The van der Waals surface area contributed by atoms with Gasteiger partial charge >= 0.3 is 0 Å². The third-order valence-corrected chi connectivity index (χ3v) is 4.82. The molecule has 5 heteroatoms. The van der Waals surface area contributed by atoms with Crippen molar-refractivity contribution < 1.29 is 9.32 Å². The largest absolute Gasteiger partial charge is 0.337 e. The molecule has 142 valence electrons. The van der Waals surface area contributed by atoms with Crippen molar-refractivity contribution in [2.75, 3.05) is 31.6 Å². The molecule has 26 heavy (non-hydrogen) atoms. The zero-order valence-corrected chi connectivity index (χ0v) is 16.8. The number of hydrogen-bond acceptors (Lipinski definition) is 4. The molecule has 0 spiro atoms. The van der Waals surface area contributed by atoms with Crippen LogP contribution in [0.1, 0.15) is 46.1 Å². The second kappa shape index (κ2) is 8.99. The van der Waals surface area contributed by atoms with Gasteiger partial charge in [-0.05, 0) is 19.0 Å². The Labute approximate surface area is 157 Å². The standard InChI is InChI=1S/C21H31N3O2/c1-7-24(8-2)14-16(5)20(25)23(6)21-18(15(3)4)19(22-26-21)17-12-10-9-11-13-17/h9-13,15-16H,7-8,14H2,1-6H3. The predicted octanol–water partition coefficient (Wildman–Crippen LogP) is 4.41. The summed E-state index contributed by atoms with van der Waals surface area (Å²) in [7, 11) is 1.78. The Morgan fingerprint density at radius 1 is 1.12 bits per heavy atom. The smallest absolute Gasteiger partial charge is 0.237 e. The fraction of sp³-hybridized carbons (Fsp3) is 0.524. The summed E-state index contributed by atoms with van der Waals surface area (Å²) < 4.78 is 5.64. The molecule has 2 aromatic rings. The highest BCUT2D eigenvalue weighted by molar-refractivity contribution is 5.94. The zero-order chi connectivity index (χ0) is 19.3. The van der Waals surface area contributed by atoms with Crippen LogP contribution in [0, 0.1) is 5.92 Å². The molecule has 0 aliphatic rings. The lowest BCUT2D eigenvalue weighted by Crippen LogP contribution is -2.38. The average molecular weight is 357 g/mol. The molecule has 0 aliphatic carbocycles. The number of aromatic nitrogens is 1. The van der Waals surface area contributed by atoms with Crippen LogP contribution in [0.2, 0.25) is 0 Å². The van der Waals surface area contributed by atoms with Crippen LogP contribution in [0.3, 0.4) is 0 Å². The Morgan fingerprint density at radius 3 is 2.27 bits per heavy atom. The molecule has 0 saturated carbocycles. The molecule has 1 unspecified atom stereocenters. The molecule has 5 nitrogen and oxygen atoms in total. The number of benzene rings is 1. The van der Waals surface area contributed by atoms with Gasteiger partial charge in [0.15, 0.2) is 0 Å². The molecule has 2 rings (SSSR count). The number of nitrogens with zero attached hydrogens (tertiary/aromatic N) is 3. The van der Waals surface area contributed by atoms with Crippen LogP contribution in [0.25, 0.3) is 11.3 Å². The van der Waals surface area contributed by atoms with Gasteiger partial charge in [0.05, 0.1) is 0 Å². The minimum atomic E-state index is -0.106. The minimum absolute atomic E-state index is 0.0505. The first kappa shape index (κ1) is 20.2. The second-order valence-corrected chi connectivity index (χ2v) is 7.05. The molecule has 0 bridgehead atoms. The maximum absolute atomic E-state index is 12.9. The number of hydrogen-bond donors (Lipinski definition) is 0. The van der Waals surface area contributed by atoms with Gasteiger partial charge in [0.25, 0.3) is 0 Å². The number of amides is 1. The molecule has 1 aromatic carbocycles. The lowest BCUT2D eigenvalue weighted by molar-refractivity contribution is -0.122. The van der Waals surface area contributed by atoms with E-state index >= 15 is 0 Å². The fourth-order valence-electron chi connectivity index (χ4n) is 3.23. The van der Waals surface area contributed by atoms with Crippen molar-refractivity contribution in [3.8, 4) is 11.3 Å². The average Bonchev–Trinajstić information content (AvgIpc) is 3.10. The van der Waals surface area contributed by atoms with Gasteiger partial charge in [-0.2, -0.15) is 0 Å². The number of rotatable bonds is 8. The summed E-state index contributed by atoms with van der Waals surface area (Å²) in [4.78, 5) is 16.8. The molecule has 1 amide bonds. The van der Waals surface area contributed by atoms with Gasteiger partial charge < -0.3 is 9.42 Å². The van der Waals surface area contributed by atoms with E-state index in [0.717, 1.165) is 36.5 Å². The zero-order valence-electron chi connectivity index (χ0n) is 16.8. The van der Waals surface area contributed by atoms with E-state index in [-0.39, 0.29) is 17.7 Å². The Balaban J connectivity index is 2.30. The first-order chi connectivity index (χ1) is 12.4. The van der Waals surface area contributed by atoms with E-state index in [0.29, 0.717) is 5.88 Å². The Bertz CT molecular complexity index is 705. The summed E-state index contributed by atoms with van der Waals surface area (Å²) in [5.74, 6) is 0.690. The summed E-state index contributed by atoms with van der Waals surface area (Å²) in [6.45, 7) is 13.0. The molecule has 1 aromatic heterocycles. The van der Waals surface area contributed by atoms with E-state index in [4.69, 9.17) is 4.52 Å². The van der Waals surface area contributed by atoms with Gasteiger partial charge in [-0.25, -0.2) is 0 Å². The van der Waals surface area contributed by atoms with E-state index in [1.165, 1.54) is 0 Å². The quantitative estimate of drug-likeness (QED) is 0.702. The fourth-order valence-corrected chi connectivity index (χ4v) is 3.23. The summed E-state index contributed by atoms with van der Waals surface area (Å²) in [6.07, 6.45) is 0. The lowest BCUT2D eigenvalue weighted by atomic mass is 9.98. The van der Waals surface area contributed by atoms with Crippen LogP contribution in [-0.4, -0.2) is 42.6 Å². The lowest BCUT2D eigenvalue weighted by Gasteiger charge is -2.25. The maximum atomic E-state index is 12.9. The van der Waals surface area contributed by atoms with Crippen molar-refractivity contribution >= 4 is 11.8 Å². The normalized spacial score (nSPS) is 12.6. The van der Waals surface area contributed by atoms with Crippen LogP contribution in [0.15, 0.2) is 34.9 Å². The molecule has 1 atom stereocenters. The van der Waals surface area contributed by atoms with Crippen molar-refractivity contribution in [1.29, 1.82) is 0 Å². The molecular weight excluding hydrogens is 326 g/mol. The van der Waals surface area contributed by atoms with Crippen LogP contribution in [0.4, 0.5) is 5.88 Å². The summed E-state index contributed by atoms with van der Waals surface area (Å²) >= 11 is 0. The molecule has 1 heterocycles. The van der Waals surface area contributed by atoms with Crippen molar-refractivity contribution in [2.45, 2.75) is 40.5 Å². The molecule has 0 N–H and O–H groups in total. The van der Waals surface area contributed by atoms with E-state index in [2.05, 4.69) is 37.8 Å². The number of carbonyl (C=O) groups excluding carboxylic acids is 1. The Hall–Kier alpha value is -2.14. The van der Waals surface area contributed by atoms with E-state index in [1.54, 1.807) is 11.9 Å². The van der Waals surface area contributed by atoms with E-state index < -0.39 is 0 Å². The molecule has 0 saturated heterocycles. The third kappa shape index (κ3) is 4.33. The SMILES string of the molecule is CCN(CC)CC(C)C(=O)N(C)c1onc(-c2ccccc2)c1C(C)C. The molecule has 0 fully saturated rings. The first-order valence-corrected chi connectivity index (χ1v) is 9.45. The first-order valence-electron chi connectivity index (χ1n) is 9.45. The van der Waals surface area contributed by atoms with Crippen LogP contribution in [0.5, 0.6) is 0 Å². The maximum Gasteiger partial charge on any atom is 0.237 e. The topological polar surface area (TPSA) is 49.6 Å². The van der Waals surface area contributed by atoms with Crippen molar-refractivity contribution in [3.63, 3.8) is 0 Å². The van der Waals surface area contributed by atoms with Gasteiger partial charge in [0, 0.05) is 30.6 Å². The molecular formula is C21H31N3O2. The van der Waals surface area contributed by atoms with Crippen LogP contribution in [-0.2, 0) is 4.79 Å². The predicted molar refractivity (Wildman–Crippen MR) is 106 cm³/mol. The highest BCUT2D eigenvalue weighted by atomic mass is 16.5. The van der Waals surface area contributed by atoms with E-state index in [9.17, 15) is 4.79 Å². The minimum Gasteiger partial charge on any atom is -0.337 e. The number of anilines is 1. The van der Waals surface area contributed by atoms with Gasteiger partial charge in [0.2, 0.25) is 11.8 Å². The third-order valence-electron chi connectivity index (χ3n) is 4.82. The summed E-state index contributed by atoms with van der Waals surface area (Å²) in [5, 5.41) is 4.28.